The average molecular weight is 321 g/mol. The number of aryl methyl sites for hydroxylation is 2. The summed E-state index contributed by atoms with van der Waals surface area (Å²) in [5.41, 5.74) is 4.73. The maximum atomic E-state index is 6.11. The zero-order valence-electron chi connectivity index (χ0n) is 14.2. The lowest BCUT2D eigenvalue weighted by Gasteiger charge is -2.13. The van der Waals surface area contributed by atoms with E-state index >= 15 is 0 Å². The van der Waals surface area contributed by atoms with E-state index in [2.05, 4.69) is 58.2 Å². The Balaban J connectivity index is 1.75. The first-order valence-electron chi connectivity index (χ1n) is 8.68. The molecule has 0 bridgehead atoms. The molecule has 1 saturated heterocycles. The number of nitrogens with one attached hydrogen (secondary N) is 1. The van der Waals surface area contributed by atoms with Crippen LogP contribution in [0.15, 0.2) is 42.6 Å². The Kier molecular flexibility index (Phi) is 3.98. The first kappa shape index (κ1) is 15.2. The number of pyridine rings is 1. The second kappa shape index (κ2) is 6.29. The highest BCUT2D eigenvalue weighted by Gasteiger charge is 2.17. The van der Waals surface area contributed by atoms with Gasteiger partial charge < -0.3 is 14.6 Å². The van der Waals surface area contributed by atoms with E-state index < -0.39 is 0 Å². The van der Waals surface area contributed by atoms with Crippen molar-refractivity contribution in [1.29, 1.82) is 0 Å². The van der Waals surface area contributed by atoms with Crippen LogP contribution in [0.3, 0.4) is 0 Å². The normalized spacial score (nSPS) is 17.5. The van der Waals surface area contributed by atoms with Crippen molar-refractivity contribution in [2.75, 3.05) is 13.1 Å². The van der Waals surface area contributed by atoms with E-state index in [0.717, 1.165) is 37.5 Å². The summed E-state index contributed by atoms with van der Waals surface area (Å²) in [4.78, 5) is 4.31. The quantitative estimate of drug-likeness (QED) is 0.795. The molecule has 0 amide bonds. The molecule has 1 aromatic carbocycles. The number of fused-ring (bicyclic) bond motifs is 1. The summed E-state index contributed by atoms with van der Waals surface area (Å²) in [6, 6.07) is 12.9. The van der Waals surface area contributed by atoms with Crippen molar-refractivity contribution in [3.05, 3.63) is 48.3 Å². The minimum Gasteiger partial charge on any atom is -0.489 e. The number of benzene rings is 1. The molecule has 1 aliphatic heterocycles. The molecular weight excluding hydrogens is 298 g/mol. The van der Waals surface area contributed by atoms with Gasteiger partial charge in [-0.05, 0) is 63.2 Å². The van der Waals surface area contributed by atoms with Gasteiger partial charge in [0.2, 0.25) is 0 Å². The van der Waals surface area contributed by atoms with Gasteiger partial charge in [-0.1, -0.05) is 0 Å². The van der Waals surface area contributed by atoms with E-state index in [9.17, 15) is 0 Å². The maximum absolute atomic E-state index is 6.11. The largest absolute Gasteiger partial charge is 0.489 e. The molecule has 1 atom stereocenters. The van der Waals surface area contributed by atoms with E-state index in [-0.39, 0.29) is 6.10 Å². The number of rotatable bonds is 4. The second-order valence-electron chi connectivity index (χ2n) is 6.41. The predicted molar refractivity (Wildman–Crippen MR) is 97.5 cm³/mol. The van der Waals surface area contributed by atoms with E-state index in [0.29, 0.717) is 0 Å². The first-order valence-corrected chi connectivity index (χ1v) is 8.68. The van der Waals surface area contributed by atoms with Gasteiger partial charge in [0.05, 0.1) is 0 Å². The van der Waals surface area contributed by atoms with Gasteiger partial charge in [-0.2, -0.15) is 0 Å². The van der Waals surface area contributed by atoms with Crippen molar-refractivity contribution in [3.8, 4) is 17.0 Å². The van der Waals surface area contributed by atoms with Crippen molar-refractivity contribution < 1.29 is 4.74 Å². The highest BCUT2D eigenvalue weighted by molar-refractivity contribution is 5.88. The van der Waals surface area contributed by atoms with Crippen LogP contribution >= 0.6 is 0 Å². The molecule has 2 aromatic heterocycles. The minimum absolute atomic E-state index is 0.290. The van der Waals surface area contributed by atoms with Crippen LogP contribution in [-0.2, 0) is 6.54 Å². The maximum Gasteiger partial charge on any atom is 0.120 e. The molecule has 24 heavy (non-hydrogen) atoms. The third kappa shape index (κ3) is 2.78. The van der Waals surface area contributed by atoms with Gasteiger partial charge in [-0.3, -0.25) is 4.98 Å². The minimum atomic E-state index is 0.290. The Hall–Kier alpha value is -2.33. The topological polar surface area (TPSA) is 39.1 Å². The number of aromatic nitrogens is 2. The molecule has 124 valence electrons. The van der Waals surface area contributed by atoms with E-state index in [1.165, 1.54) is 22.2 Å². The van der Waals surface area contributed by atoms with Gasteiger partial charge in [0, 0.05) is 47.1 Å². The van der Waals surface area contributed by atoms with Gasteiger partial charge in [0.1, 0.15) is 11.9 Å². The molecule has 1 aliphatic rings. The fraction of sp³-hybridized carbons (Fsp3) is 0.350. The third-order valence-corrected chi connectivity index (χ3v) is 4.70. The summed E-state index contributed by atoms with van der Waals surface area (Å²) in [7, 11) is 0. The summed E-state index contributed by atoms with van der Waals surface area (Å²) < 4.78 is 8.46. The Morgan fingerprint density at radius 3 is 2.92 bits per heavy atom. The van der Waals surface area contributed by atoms with Crippen molar-refractivity contribution >= 4 is 10.9 Å². The molecule has 1 N–H and O–H groups in total. The van der Waals surface area contributed by atoms with Crippen LogP contribution in [0.2, 0.25) is 0 Å². The van der Waals surface area contributed by atoms with Gasteiger partial charge in [0.15, 0.2) is 0 Å². The molecule has 4 rings (SSSR count). The molecule has 1 fully saturated rings. The van der Waals surface area contributed by atoms with Crippen LogP contribution in [-0.4, -0.2) is 28.7 Å². The second-order valence-corrected chi connectivity index (χ2v) is 6.41. The number of hydrogen-bond donors (Lipinski definition) is 1. The number of hydrogen-bond acceptors (Lipinski definition) is 3. The molecule has 1 unspecified atom stereocenters. The zero-order chi connectivity index (χ0) is 16.5. The van der Waals surface area contributed by atoms with Gasteiger partial charge in [-0.25, -0.2) is 0 Å². The molecule has 4 heteroatoms. The Morgan fingerprint density at radius 2 is 2.17 bits per heavy atom. The van der Waals surface area contributed by atoms with Gasteiger partial charge >= 0.3 is 0 Å². The Labute approximate surface area is 142 Å². The lowest BCUT2D eigenvalue weighted by atomic mass is 10.1. The molecule has 4 nitrogen and oxygen atoms in total. The third-order valence-electron chi connectivity index (χ3n) is 4.70. The van der Waals surface area contributed by atoms with Crippen molar-refractivity contribution in [2.24, 2.45) is 0 Å². The van der Waals surface area contributed by atoms with E-state index in [1.54, 1.807) is 0 Å². The van der Waals surface area contributed by atoms with Crippen molar-refractivity contribution in [2.45, 2.75) is 32.9 Å². The van der Waals surface area contributed by atoms with Crippen molar-refractivity contribution in [1.82, 2.24) is 14.9 Å². The lowest BCUT2D eigenvalue weighted by Crippen LogP contribution is -2.19. The molecule has 0 aliphatic carbocycles. The van der Waals surface area contributed by atoms with E-state index in [4.69, 9.17) is 4.74 Å². The van der Waals surface area contributed by atoms with Gasteiger partial charge in [0.25, 0.3) is 0 Å². The summed E-state index contributed by atoms with van der Waals surface area (Å²) in [6.07, 6.45) is 3.25. The molecule has 3 aromatic rings. The van der Waals surface area contributed by atoms with Gasteiger partial charge in [-0.15, -0.1) is 0 Å². The van der Waals surface area contributed by atoms with Crippen LogP contribution in [0.4, 0.5) is 0 Å². The predicted octanol–water partition coefficient (Wildman–Crippen LogP) is 3.77. The highest BCUT2D eigenvalue weighted by atomic mass is 16.5. The highest BCUT2D eigenvalue weighted by Crippen LogP contribution is 2.31. The average Bonchev–Trinajstić information content (AvgIpc) is 3.21. The fourth-order valence-electron chi connectivity index (χ4n) is 3.53. The van der Waals surface area contributed by atoms with E-state index in [1.807, 2.05) is 13.1 Å². The molecule has 0 saturated carbocycles. The summed E-state index contributed by atoms with van der Waals surface area (Å²) in [5, 5.41) is 4.57. The molecule has 3 heterocycles. The SMILES string of the molecule is CCn1c(-c2ccnc(C)c2)cc2cc(OC3CCNC3)ccc21. The number of nitrogens with zero attached hydrogens (tertiary/aromatic N) is 2. The standard InChI is InChI=1S/C20H23N3O/c1-3-23-19-5-4-17(24-18-7-8-21-13-18)11-16(19)12-20(23)15-6-9-22-14(2)10-15/h4-6,9-12,18,21H,3,7-8,13H2,1-2H3. The van der Waals surface area contributed by atoms with Crippen LogP contribution in [0.25, 0.3) is 22.2 Å². The lowest BCUT2D eigenvalue weighted by molar-refractivity contribution is 0.223. The monoisotopic (exact) mass is 321 g/mol. The van der Waals surface area contributed by atoms with Crippen LogP contribution in [0.5, 0.6) is 5.75 Å². The summed E-state index contributed by atoms with van der Waals surface area (Å²) in [6.45, 7) is 7.14. The molecule has 0 spiro atoms. The smallest absolute Gasteiger partial charge is 0.120 e. The fourth-order valence-corrected chi connectivity index (χ4v) is 3.53. The van der Waals surface area contributed by atoms with Crippen LogP contribution < -0.4 is 10.1 Å². The van der Waals surface area contributed by atoms with Crippen molar-refractivity contribution in [3.63, 3.8) is 0 Å². The number of ether oxygens (including phenoxy) is 1. The Bertz CT molecular complexity index is 862. The summed E-state index contributed by atoms with van der Waals surface area (Å²) >= 11 is 0. The Morgan fingerprint density at radius 1 is 1.25 bits per heavy atom. The first-order chi connectivity index (χ1) is 11.7. The summed E-state index contributed by atoms with van der Waals surface area (Å²) in [5.74, 6) is 0.960. The molecule has 0 radical (unpaired) electrons. The van der Waals surface area contributed by atoms with Crippen LogP contribution in [0, 0.1) is 6.92 Å². The van der Waals surface area contributed by atoms with Crippen LogP contribution in [0.1, 0.15) is 19.0 Å². The zero-order valence-corrected chi connectivity index (χ0v) is 14.2. The molecular formula is C20H23N3O.